The van der Waals surface area contributed by atoms with Gasteiger partial charge in [-0.3, -0.25) is 0 Å². The van der Waals surface area contributed by atoms with E-state index in [2.05, 4.69) is 76.9 Å². The summed E-state index contributed by atoms with van der Waals surface area (Å²) in [5.74, 6) is 0.816. The monoisotopic (exact) mass is 412 g/mol. The number of hydrogen-bond acceptors (Lipinski definition) is 5. The van der Waals surface area contributed by atoms with E-state index in [-0.39, 0.29) is 6.79 Å². The Morgan fingerprint density at radius 3 is 1.64 bits per heavy atom. The van der Waals surface area contributed by atoms with Crippen LogP contribution in [-0.4, -0.2) is 46.9 Å². The minimum Gasteiger partial charge on any atom is -0.468 e. The van der Waals surface area contributed by atoms with E-state index in [1.54, 1.807) is 0 Å². The average Bonchev–Trinajstić information content (AvgIpc) is 2.59. The molecule has 0 N–H and O–H groups in total. The largest absolute Gasteiger partial charge is 0.468 e. The van der Waals surface area contributed by atoms with Crippen LogP contribution in [-0.2, 0) is 15.9 Å². The summed E-state index contributed by atoms with van der Waals surface area (Å²) in [4.78, 5) is 0. The van der Waals surface area contributed by atoms with Gasteiger partial charge in [-0.15, -0.1) is 0 Å². The Bertz CT molecular complexity index is 499. The summed E-state index contributed by atoms with van der Waals surface area (Å²) in [5, 5.41) is 0. The lowest BCUT2D eigenvalue weighted by Gasteiger charge is -2.45. The summed E-state index contributed by atoms with van der Waals surface area (Å²) in [6, 6.07) is 9.76. The van der Waals surface area contributed by atoms with E-state index < -0.39 is 8.45 Å². The lowest BCUT2D eigenvalue weighted by molar-refractivity contribution is 0.0224. The highest BCUT2D eigenvalue weighted by Crippen LogP contribution is 2.51. The standard InChI is InChI=1S/C22H41N2O3P/c1-10-25-16-26-22-13-11-21(12-14-22)15-27-28(23(17(2)3)18(4)5)24(19(6)7)20(8)9/h11-14,17-20H,10,15-16H2,1-9H3. The molecule has 0 amide bonds. The third kappa shape index (κ3) is 7.96. The third-order valence-electron chi connectivity index (χ3n) is 4.29. The molecule has 1 aromatic carbocycles. The van der Waals surface area contributed by atoms with E-state index in [0.717, 1.165) is 11.3 Å². The summed E-state index contributed by atoms with van der Waals surface area (Å²) in [5.41, 5.74) is 1.15. The van der Waals surface area contributed by atoms with Crippen molar-refractivity contribution in [2.45, 2.75) is 93.1 Å². The Labute approximate surface area is 174 Å². The van der Waals surface area contributed by atoms with E-state index in [1.807, 2.05) is 19.1 Å². The fraction of sp³-hybridized carbons (Fsp3) is 0.727. The zero-order valence-corrected chi connectivity index (χ0v) is 20.2. The first-order chi connectivity index (χ1) is 13.2. The predicted molar refractivity (Wildman–Crippen MR) is 119 cm³/mol. The molecule has 6 heteroatoms. The van der Waals surface area contributed by atoms with Gasteiger partial charge in [0.25, 0.3) is 0 Å². The fourth-order valence-electron chi connectivity index (χ4n) is 3.24. The molecule has 0 aromatic heterocycles. The van der Waals surface area contributed by atoms with E-state index in [0.29, 0.717) is 37.4 Å². The van der Waals surface area contributed by atoms with Gasteiger partial charge in [-0.1, -0.05) is 12.1 Å². The van der Waals surface area contributed by atoms with Crippen LogP contribution in [0.4, 0.5) is 0 Å². The molecule has 28 heavy (non-hydrogen) atoms. The molecule has 0 radical (unpaired) electrons. The second kappa shape index (κ2) is 12.8. The molecule has 1 aromatic rings. The van der Waals surface area contributed by atoms with Crippen molar-refractivity contribution in [1.82, 2.24) is 9.34 Å². The molecular formula is C22H41N2O3P. The molecule has 162 valence electrons. The Morgan fingerprint density at radius 2 is 1.25 bits per heavy atom. The zero-order chi connectivity index (χ0) is 21.3. The van der Waals surface area contributed by atoms with Gasteiger partial charge in [0, 0.05) is 30.8 Å². The van der Waals surface area contributed by atoms with Gasteiger partial charge in [-0.2, -0.15) is 0 Å². The van der Waals surface area contributed by atoms with E-state index in [1.165, 1.54) is 0 Å². The molecule has 0 unspecified atom stereocenters. The minimum absolute atomic E-state index is 0.285. The average molecular weight is 413 g/mol. The smallest absolute Gasteiger partial charge is 0.189 e. The lowest BCUT2D eigenvalue weighted by Crippen LogP contribution is -2.43. The maximum Gasteiger partial charge on any atom is 0.189 e. The van der Waals surface area contributed by atoms with Crippen LogP contribution in [0.2, 0.25) is 0 Å². The molecule has 0 saturated carbocycles. The molecule has 0 spiro atoms. The molecular weight excluding hydrogens is 371 g/mol. The Hall–Kier alpha value is -0.710. The highest BCUT2D eigenvalue weighted by Gasteiger charge is 2.34. The van der Waals surface area contributed by atoms with E-state index >= 15 is 0 Å². The number of ether oxygens (including phenoxy) is 2. The van der Waals surface area contributed by atoms with Gasteiger partial charge in [0.05, 0.1) is 6.61 Å². The summed E-state index contributed by atoms with van der Waals surface area (Å²) >= 11 is 0. The highest BCUT2D eigenvalue weighted by atomic mass is 31.2. The van der Waals surface area contributed by atoms with Crippen LogP contribution in [0.5, 0.6) is 5.75 Å². The van der Waals surface area contributed by atoms with Crippen molar-refractivity contribution >= 4 is 8.45 Å². The molecule has 0 bridgehead atoms. The maximum atomic E-state index is 6.59. The minimum atomic E-state index is -0.873. The Morgan fingerprint density at radius 1 is 0.786 bits per heavy atom. The van der Waals surface area contributed by atoms with Gasteiger partial charge >= 0.3 is 0 Å². The van der Waals surface area contributed by atoms with Gasteiger partial charge in [0.15, 0.2) is 15.2 Å². The normalized spacial score (nSPS) is 12.6. The maximum absolute atomic E-state index is 6.59. The quantitative estimate of drug-likeness (QED) is 0.224. The molecule has 0 heterocycles. The van der Waals surface area contributed by atoms with E-state index in [9.17, 15) is 0 Å². The number of benzene rings is 1. The van der Waals surface area contributed by atoms with Gasteiger partial charge < -0.3 is 14.0 Å². The zero-order valence-electron chi connectivity index (χ0n) is 19.3. The molecule has 0 aliphatic heterocycles. The molecule has 1 rings (SSSR count). The topological polar surface area (TPSA) is 34.2 Å². The van der Waals surface area contributed by atoms with Crippen molar-refractivity contribution in [3.8, 4) is 5.75 Å². The van der Waals surface area contributed by atoms with Gasteiger partial charge in [-0.05, 0) is 80.0 Å². The number of rotatable bonds is 13. The van der Waals surface area contributed by atoms with Crippen LogP contribution in [0.1, 0.15) is 67.9 Å². The van der Waals surface area contributed by atoms with Crippen LogP contribution >= 0.6 is 8.45 Å². The van der Waals surface area contributed by atoms with Gasteiger partial charge in [0.1, 0.15) is 5.75 Å². The Balaban J connectivity index is 2.91. The van der Waals surface area contributed by atoms with Crippen LogP contribution in [0.25, 0.3) is 0 Å². The molecule has 0 aliphatic rings. The third-order valence-corrected chi connectivity index (χ3v) is 7.29. The SMILES string of the molecule is CCOCOc1ccc(COP(N(C(C)C)C(C)C)N(C(C)C)C(C)C)cc1. The lowest BCUT2D eigenvalue weighted by atomic mass is 10.2. The van der Waals surface area contributed by atoms with Crippen LogP contribution in [0.15, 0.2) is 24.3 Å². The van der Waals surface area contributed by atoms with Crippen molar-refractivity contribution in [3.63, 3.8) is 0 Å². The molecule has 0 fully saturated rings. The summed E-state index contributed by atoms with van der Waals surface area (Å²) in [7, 11) is -0.873. The molecule has 0 atom stereocenters. The molecule has 5 nitrogen and oxygen atoms in total. The number of hydrogen-bond donors (Lipinski definition) is 0. The summed E-state index contributed by atoms with van der Waals surface area (Å²) < 4.78 is 22.4. The fourth-order valence-corrected chi connectivity index (χ4v) is 5.59. The van der Waals surface area contributed by atoms with Gasteiger partial charge in [0.2, 0.25) is 0 Å². The van der Waals surface area contributed by atoms with Crippen LogP contribution < -0.4 is 4.74 Å². The summed E-state index contributed by atoms with van der Waals surface area (Å²) in [6.45, 7) is 21.5. The molecule has 0 saturated heterocycles. The number of nitrogens with zero attached hydrogens (tertiary/aromatic N) is 2. The van der Waals surface area contributed by atoms with Crippen molar-refractivity contribution in [3.05, 3.63) is 29.8 Å². The Kier molecular flexibility index (Phi) is 11.5. The summed E-state index contributed by atoms with van der Waals surface area (Å²) in [6.07, 6.45) is 0. The van der Waals surface area contributed by atoms with Crippen LogP contribution in [0, 0.1) is 0 Å². The van der Waals surface area contributed by atoms with Crippen molar-refractivity contribution in [2.75, 3.05) is 13.4 Å². The molecule has 0 aliphatic carbocycles. The highest BCUT2D eigenvalue weighted by molar-refractivity contribution is 7.47. The van der Waals surface area contributed by atoms with E-state index in [4.69, 9.17) is 14.0 Å². The first-order valence-electron chi connectivity index (χ1n) is 10.5. The predicted octanol–water partition coefficient (Wildman–Crippen LogP) is 6.04. The van der Waals surface area contributed by atoms with Gasteiger partial charge in [-0.25, -0.2) is 9.34 Å². The van der Waals surface area contributed by atoms with Crippen LogP contribution in [0.3, 0.4) is 0 Å². The van der Waals surface area contributed by atoms with Crippen molar-refractivity contribution < 1.29 is 14.0 Å². The van der Waals surface area contributed by atoms with Crippen molar-refractivity contribution in [2.24, 2.45) is 0 Å². The first kappa shape index (κ1) is 25.3. The second-order valence-electron chi connectivity index (χ2n) is 8.06. The second-order valence-corrected chi connectivity index (χ2v) is 9.75. The van der Waals surface area contributed by atoms with Crippen molar-refractivity contribution in [1.29, 1.82) is 0 Å². The first-order valence-corrected chi connectivity index (χ1v) is 11.6.